The molecule has 2 aromatic carbocycles. The van der Waals surface area contributed by atoms with Crippen LogP contribution in [0.15, 0.2) is 71.9 Å². The quantitative estimate of drug-likeness (QED) is 0.336. The van der Waals surface area contributed by atoms with Crippen molar-refractivity contribution >= 4 is 21.7 Å². The highest BCUT2D eigenvalue weighted by molar-refractivity contribution is 7.87. The van der Waals surface area contributed by atoms with Crippen molar-refractivity contribution in [2.24, 2.45) is 5.73 Å². The first-order chi connectivity index (χ1) is 16.8. The summed E-state index contributed by atoms with van der Waals surface area (Å²) in [5.74, 6) is 0.0163. The molecule has 1 heterocycles. The molecule has 0 unspecified atom stereocenters. The van der Waals surface area contributed by atoms with E-state index >= 15 is 0 Å². The molecule has 35 heavy (non-hydrogen) atoms. The van der Waals surface area contributed by atoms with Crippen LogP contribution < -0.4 is 24.3 Å². The van der Waals surface area contributed by atoms with Gasteiger partial charge in [0, 0.05) is 36.8 Å². The van der Waals surface area contributed by atoms with Crippen LogP contribution in [0.2, 0.25) is 0 Å². The van der Waals surface area contributed by atoms with Crippen LogP contribution in [0, 0.1) is 6.92 Å². The zero-order valence-electron chi connectivity index (χ0n) is 19.2. The molecule has 0 saturated heterocycles. The molecule has 3 N–H and O–H groups in total. The van der Waals surface area contributed by atoms with Gasteiger partial charge in [-0.15, -0.1) is 0 Å². The number of anilines is 1. The fourth-order valence-corrected chi connectivity index (χ4v) is 4.17. The van der Waals surface area contributed by atoms with E-state index in [0.29, 0.717) is 18.8 Å². The fourth-order valence-electron chi connectivity index (χ4n) is 3.21. The van der Waals surface area contributed by atoms with Crippen molar-refractivity contribution in [3.05, 3.63) is 72.6 Å². The molecule has 1 aromatic heterocycles. The molecule has 0 bridgehead atoms. The number of primary amides is 1. The summed E-state index contributed by atoms with van der Waals surface area (Å²) in [5, 5.41) is 9.36. The van der Waals surface area contributed by atoms with Gasteiger partial charge in [0.25, 0.3) is 5.91 Å². The molecule has 3 aromatic rings. The summed E-state index contributed by atoms with van der Waals surface area (Å²) in [5.41, 5.74) is 6.70. The predicted octanol–water partition coefficient (Wildman–Crippen LogP) is 1.90. The zero-order valence-corrected chi connectivity index (χ0v) is 20.0. The number of aryl methyl sites for hydroxylation is 1. The van der Waals surface area contributed by atoms with Crippen LogP contribution in [0.5, 0.6) is 17.2 Å². The van der Waals surface area contributed by atoms with Gasteiger partial charge >= 0.3 is 10.1 Å². The smallest absolute Gasteiger partial charge is 0.339 e. The van der Waals surface area contributed by atoms with Crippen molar-refractivity contribution in [2.75, 3.05) is 37.8 Å². The molecular weight excluding hydrogens is 474 g/mol. The second-order valence-corrected chi connectivity index (χ2v) is 9.06. The van der Waals surface area contributed by atoms with Gasteiger partial charge < -0.3 is 29.4 Å². The number of pyridine rings is 1. The third-order valence-corrected chi connectivity index (χ3v) is 5.98. The Labute approximate surface area is 204 Å². The zero-order chi connectivity index (χ0) is 25.3. The highest BCUT2D eigenvalue weighted by atomic mass is 32.2. The van der Waals surface area contributed by atoms with E-state index in [1.807, 2.05) is 17.0 Å². The summed E-state index contributed by atoms with van der Waals surface area (Å²) in [6, 6.07) is 14.1. The monoisotopic (exact) mass is 501 g/mol. The molecule has 0 fully saturated rings. The van der Waals surface area contributed by atoms with E-state index in [9.17, 15) is 18.3 Å². The van der Waals surface area contributed by atoms with E-state index in [2.05, 4.69) is 4.98 Å². The lowest BCUT2D eigenvalue weighted by molar-refractivity contribution is -0.119. The van der Waals surface area contributed by atoms with Crippen LogP contribution in [0.4, 0.5) is 5.69 Å². The number of nitrogens with zero attached hydrogens (tertiary/aromatic N) is 2. The number of carbonyl (C=O) groups excluding carboxylic acids is 1. The van der Waals surface area contributed by atoms with E-state index in [4.69, 9.17) is 19.4 Å². The molecular formula is C24H27N3O7S. The largest absolute Gasteiger partial charge is 0.492 e. The average Bonchev–Trinajstić information content (AvgIpc) is 2.82. The summed E-state index contributed by atoms with van der Waals surface area (Å²) in [7, 11) is -4.18. The van der Waals surface area contributed by atoms with Crippen molar-refractivity contribution in [1.29, 1.82) is 0 Å². The first-order valence-electron chi connectivity index (χ1n) is 10.7. The van der Waals surface area contributed by atoms with Crippen LogP contribution in [0.3, 0.4) is 0 Å². The molecule has 186 valence electrons. The minimum absolute atomic E-state index is 0.0165. The number of hydrogen-bond donors (Lipinski definition) is 2. The SMILES string of the molecule is Cc1cc(OCCN(CCO)c2ccncc2)cc(OS(=O)(=O)c2cccc(OCC(N)=O)c2)c1. The highest BCUT2D eigenvalue weighted by Crippen LogP contribution is 2.27. The second-order valence-electron chi connectivity index (χ2n) is 7.51. The molecule has 3 rings (SSSR count). The van der Waals surface area contributed by atoms with Crippen LogP contribution in [0.1, 0.15) is 5.56 Å². The van der Waals surface area contributed by atoms with E-state index in [1.165, 1.54) is 30.3 Å². The minimum Gasteiger partial charge on any atom is -0.492 e. The summed E-state index contributed by atoms with van der Waals surface area (Å²) in [6.07, 6.45) is 3.34. The lowest BCUT2D eigenvalue weighted by Crippen LogP contribution is -2.31. The van der Waals surface area contributed by atoms with E-state index in [1.54, 1.807) is 31.5 Å². The number of hydrogen-bond acceptors (Lipinski definition) is 9. The van der Waals surface area contributed by atoms with Crippen molar-refractivity contribution in [2.45, 2.75) is 11.8 Å². The van der Waals surface area contributed by atoms with E-state index in [0.717, 1.165) is 11.3 Å². The molecule has 0 aliphatic heterocycles. The Hall–Kier alpha value is -3.83. The third-order valence-electron chi connectivity index (χ3n) is 4.73. The normalized spacial score (nSPS) is 11.0. The number of benzene rings is 2. The van der Waals surface area contributed by atoms with E-state index < -0.39 is 16.0 Å². The number of aliphatic hydroxyl groups is 1. The molecule has 0 aliphatic rings. The van der Waals surface area contributed by atoms with E-state index in [-0.39, 0.29) is 36.2 Å². The summed E-state index contributed by atoms with van der Waals surface area (Å²) < 4.78 is 41.9. The molecule has 0 aliphatic carbocycles. The Balaban J connectivity index is 1.67. The van der Waals surface area contributed by atoms with Crippen LogP contribution in [0.25, 0.3) is 0 Å². The number of aromatic nitrogens is 1. The first kappa shape index (κ1) is 25.8. The molecule has 11 heteroatoms. The lowest BCUT2D eigenvalue weighted by Gasteiger charge is -2.23. The van der Waals surface area contributed by atoms with Gasteiger partial charge in [-0.1, -0.05) is 6.07 Å². The third kappa shape index (κ3) is 7.87. The van der Waals surface area contributed by atoms with Crippen molar-refractivity contribution in [1.82, 2.24) is 4.98 Å². The molecule has 0 saturated carbocycles. The Bertz CT molecular complexity index is 1240. The Morgan fingerprint density at radius 3 is 2.46 bits per heavy atom. The maximum absolute atomic E-state index is 12.8. The van der Waals surface area contributed by atoms with Crippen LogP contribution in [-0.4, -0.2) is 57.3 Å². The summed E-state index contributed by atoms with van der Waals surface area (Å²) >= 11 is 0. The maximum atomic E-state index is 12.8. The predicted molar refractivity (Wildman–Crippen MR) is 129 cm³/mol. The Kier molecular flexibility index (Phi) is 8.87. The number of nitrogens with two attached hydrogens (primary N) is 1. The standard InChI is InChI=1S/C24H27N3O7S/c1-18-13-21(32-12-10-27(9-11-28)19-5-7-26-8-6-19)15-22(14-18)34-35(30,31)23-4-2-3-20(16-23)33-17-24(25)29/h2-8,13-16,28H,9-12,17H2,1H3,(H2,25,29). The first-order valence-corrected chi connectivity index (χ1v) is 12.1. The molecule has 0 spiro atoms. The topological polar surface area (TPSA) is 141 Å². The fraction of sp³-hybridized carbons (Fsp3) is 0.250. The van der Waals surface area contributed by atoms with Gasteiger partial charge in [0.2, 0.25) is 0 Å². The number of ether oxygens (including phenoxy) is 2. The number of amides is 1. The molecule has 0 atom stereocenters. The van der Waals surface area contributed by atoms with Crippen molar-refractivity contribution in [3.63, 3.8) is 0 Å². The van der Waals surface area contributed by atoms with Crippen molar-refractivity contribution in [3.8, 4) is 17.2 Å². The number of aliphatic hydroxyl groups excluding tert-OH is 1. The van der Waals surface area contributed by atoms with Gasteiger partial charge in [-0.3, -0.25) is 9.78 Å². The van der Waals surface area contributed by atoms with Gasteiger partial charge in [-0.2, -0.15) is 8.42 Å². The Morgan fingerprint density at radius 1 is 1.00 bits per heavy atom. The Morgan fingerprint density at radius 2 is 1.74 bits per heavy atom. The molecule has 10 nitrogen and oxygen atoms in total. The highest BCUT2D eigenvalue weighted by Gasteiger charge is 2.18. The molecule has 0 radical (unpaired) electrons. The average molecular weight is 502 g/mol. The maximum Gasteiger partial charge on any atom is 0.339 e. The minimum atomic E-state index is -4.18. The number of rotatable bonds is 13. The van der Waals surface area contributed by atoms with Crippen LogP contribution in [-0.2, 0) is 14.9 Å². The number of carbonyl (C=O) groups is 1. The molecule has 1 amide bonds. The van der Waals surface area contributed by atoms with Crippen LogP contribution >= 0.6 is 0 Å². The summed E-state index contributed by atoms with van der Waals surface area (Å²) in [4.78, 5) is 16.7. The van der Waals surface area contributed by atoms with Gasteiger partial charge in [0.05, 0.1) is 13.2 Å². The van der Waals surface area contributed by atoms with Crippen molar-refractivity contribution < 1.29 is 32.0 Å². The van der Waals surface area contributed by atoms with Gasteiger partial charge in [0.1, 0.15) is 28.8 Å². The van der Waals surface area contributed by atoms with Gasteiger partial charge in [-0.25, -0.2) is 0 Å². The van der Waals surface area contributed by atoms with Gasteiger partial charge in [-0.05, 0) is 48.9 Å². The second kappa shape index (κ2) is 12.0. The van der Waals surface area contributed by atoms with Gasteiger partial charge in [0.15, 0.2) is 6.61 Å². The lowest BCUT2D eigenvalue weighted by atomic mass is 10.2. The summed E-state index contributed by atoms with van der Waals surface area (Å²) in [6.45, 7) is 2.61.